The molecule has 2 heterocycles. The first-order valence-corrected chi connectivity index (χ1v) is 8.61. The fourth-order valence-corrected chi connectivity index (χ4v) is 3.78. The van der Waals surface area contributed by atoms with Crippen LogP contribution in [0.25, 0.3) is 0 Å². The molecule has 1 amide bonds. The Morgan fingerprint density at radius 3 is 3.04 bits per heavy atom. The number of amides is 1. The van der Waals surface area contributed by atoms with Crippen molar-refractivity contribution < 1.29 is 14.5 Å². The Morgan fingerprint density at radius 1 is 1.48 bits per heavy atom. The van der Waals surface area contributed by atoms with E-state index in [-0.39, 0.29) is 0 Å². The van der Waals surface area contributed by atoms with Crippen LogP contribution in [0.4, 0.5) is 11.5 Å². The molecule has 1 aliphatic carbocycles. The van der Waals surface area contributed by atoms with E-state index in [0.29, 0.717) is 29.9 Å². The van der Waals surface area contributed by atoms with E-state index in [1.165, 1.54) is 12.8 Å². The summed E-state index contributed by atoms with van der Waals surface area (Å²) in [5.41, 5.74) is 8.33. The van der Waals surface area contributed by atoms with Gasteiger partial charge in [-0.25, -0.2) is 0 Å². The summed E-state index contributed by atoms with van der Waals surface area (Å²) in [5, 5.41) is 17.6. The Bertz CT molecular complexity index is 822. The Morgan fingerprint density at radius 2 is 2.32 bits per heavy atom. The average Bonchev–Trinajstić information content (AvgIpc) is 3.27. The van der Waals surface area contributed by atoms with Crippen LogP contribution in [0.1, 0.15) is 48.1 Å². The number of hydrogen-bond acceptors (Lipinski definition) is 5. The van der Waals surface area contributed by atoms with Gasteiger partial charge in [-0.15, -0.1) is 0 Å². The van der Waals surface area contributed by atoms with Gasteiger partial charge in [0.25, 0.3) is 5.91 Å². The van der Waals surface area contributed by atoms with Crippen molar-refractivity contribution >= 4 is 30.0 Å². The Kier molecular flexibility index (Phi) is 4.01. The van der Waals surface area contributed by atoms with Gasteiger partial charge in [-0.05, 0) is 41.9 Å². The molecule has 2 aliphatic rings. The van der Waals surface area contributed by atoms with E-state index < -0.39 is 13.0 Å². The second-order valence-electron chi connectivity index (χ2n) is 6.91. The van der Waals surface area contributed by atoms with Crippen LogP contribution in [-0.2, 0) is 11.3 Å². The number of benzene rings is 1. The predicted octanol–water partition coefficient (Wildman–Crippen LogP) is 1.30. The van der Waals surface area contributed by atoms with Gasteiger partial charge >= 0.3 is 7.12 Å². The minimum absolute atomic E-state index is 0.295. The zero-order valence-corrected chi connectivity index (χ0v) is 14.1. The summed E-state index contributed by atoms with van der Waals surface area (Å²) in [6.45, 7) is 2.61. The summed E-state index contributed by atoms with van der Waals surface area (Å²) in [6, 6.07) is 5.88. The summed E-state index contributed by atoms with van der Waals surface area (Å²) >= 11 is 0. The lowest BCUT2D eigenvalue weighted by Crippen LogP contribution is -2.28. The number of nitrogens with two attached hydrogens (primary N) is 1. The summed E-state index contributed by atoms with van der Waals surface area (Å²) in [6.07, 6.45) is 5.14. The summed E-state index contributed by atoms with van der Waals surface area (Å²) in [5.74, 6) is 0.463. The van der Waals surface area contributed by atoms with Crippen LogP contribution >= 0.6 is 0 Å². The third kappa shape index (κ3) is 2.92. The highest BCUT2D eigenvalue weighted by molar-refractivity contribution is 6.61. The zero-order valence-electron chi connectivity index (χ0n) is 14.1. The summed E-state index contributed by atoms with van der Waals surface area (Å²) in [7, 11) is -0.913. The third-order valence-corrected chi connectivity index (χ3v) is 5.22. The number of fused-ring (bicyclic) bond motifs is 1. The molecule has 0 saturated heterocycles. The molecule has 8 heteroatoms. The lowest BCUT2D eigenvalue weighted by atomic mass is 9.79. The topological polar surface area (TPSA) is 102 Å². The van der Waals surface area contributed by atoms with Crippen molar-refractivity contribution in [3.63, 3.8) is 0 Å². The second kappa shape index (κ2) is 6.20. The van der Waals surface area contributed by atoms with Crippen LogP contribution in [-0.4, -0.2) is 27.8 Å². The molecule has 1 saturated carbocycles. The number of nitrogens with zero attached hydrogens (tertiary/aromatic N) is 2. The van der Waals surface area contributed by atoms with E-state index in [2.05, 4.69) is 17.3 Å². The molecule has 1 fully saturated rings. The fourth-order valence-electron chi connectivity index (χ4n) is 3.78. The molecule has 2 aromatic rings. The molecule has 4 rings (SSSR count). The van der Waals surface area contributed by atoms with E-state index >= 15 is 0 Å². The maximum atomic E-state index is 11.8. The van der Waals surface area contributed by atoms with E-state index in [1.807, 2.05) is 22.9 Å². The third-order valence-electron chi connectivity index (χ3n) is 5.22. The van der Waals surface area contributed by atoms with Crippen LogP contribution in [0.5, 0.6) is 0 Å². The molecule has 0 bridgehead atoms. The molecule has 1 unspecified atom stereocenters. The Balaban J connectivity index is 1.64. The van der Waals surface area contributed by atoms with Gasteiger partial charge in [-0.1, -0.05) is 19.4 Å². The minimum Gasteiger partial charge on any atom is -0.423 e. The van der Waals surface area contributed by atoms with E-state index in [9.17, 15) is 9.82 Å². The van der Waals surface area contributed by atoms with E-state index in [4.69, 9.17) is 10.4 Å². The molecule has 0 radical (unpaired) electrons. The highest BCUT2D eigenvalue weighted by Crippen LogP contribution is 2.36. The summed E-state index contributed by atoms with van der Waals surface area (Å²) in [4.78, 5) is 11.8. The largest absolute Gasteiger partial charge is 0.491 e. The molecule has 1 aromatic heterocycles. The first-order chi connectivity index (χ1) is 12.0. The van der Waals surface area contributed by atoms with Crippen molar-refractivity contribution in [2.24, 2.45) is 11.7 Å². The number of hydrogen-bond donors (Lipinski definition) is 3. The van der Waals surface area contributed by atoms with Crippen molar-refractivity contribution in [3.8, 4) is 0 Å². The number of anilines is 2. The van der Waals surface area contributed by atoms with Crippen molar-refractivity contribution in [2.75, 3.05) is 5.32 Å². The van der Waals surface area contributed by atoms with Crippen molar-refractivity contribution in [2.45, 2.75) is 38.8 Å². The van der Waals surface area contributed by atoms with Gasteiger partial charge in [0, 0.05) is 11.9 Å². The smallest absolute Gasteiger partial charge is 0.423 e. The highest BCUT2D eigenvalue weighted by atomic mass is 16.5. The van der Waals surface area contributed by atoms with Crippen LogP contribution in [0.3, 0.4) is 0 Å². The van der Waals surface area contributed by atoms with Gasteiger partial charge in [0.05, 0.1) is 12.6 Å². The number of primary amides is 1. The van der Waals surface area contributed by atoms with Crippen molar-refractivity contribution in [1.29, 1.82) is 0 Å². The van der Waals surface area contributed by atoms with Gasteiger partial charge in [0.2, 0.25) is 0 Å². The van der Waals surface area contributed by atoms with Gasteiger partial charge < -0.3 is 20.7 Å². The summed E-state index contributed by atoms with van der Waals surface area (Å²) < 4.78 is 7.07. The van der Waals surface area contributed by atoms with Crippen LogP contribution in [0, 0.1) is 5.92 Å². The number of nitrogens with one attached hydrogen (secondary N) is 1. The van der Waals surface area contributed by atoms with Gasteiger partial charge in [-0.3, -0.25) is 9.48 Å². The Labute approximate surface area is 146 Å². The molecular weight excluding hydrogens is 319 g/mol. The highest BCUT2D eigenvalue weighted by Gasteiger charge is 2.29. The minimum atomic E-state index is -0.913. The molecule has 1 aromatic carbocycles. The average molecular weight is 340 g/mol. The number of carbonyl (C=O) groups is 1. The zero-order chi connectivity index (χ0) is 17.6. The first kappa shape index (κ1) is 16.2. The Hall–Kier alpha value is -2.32. The maximum Gasteiger partial charge on any atom is 0.491 e. The standard InChI is InChI=1S/C17H21BN4O3/c1-10-3-2-4-15(10)22-8-13(16(19)23)17(21-22)20-12-6-5-11-9-25-18(24)14(11)7-12/h5-8,10,15,24H,2-4,9H2,1H3,(H2,19,23)(H,20,21)/t10-,15?/m0/s1. The molecule has 0 spiro atoms. The normalized spacial score (nSPS) is 22.2. The lowest BCUT2D eigenvalue weighted by molar-refractivity contribution is 0.100. The predicted molar refractivity (Wildman–Crippen MR) is 94.9 cm³/mol. The molecule has 4 N–H and O–H groups in total. The quantitative estimate of drug-likeness (QED) is 0.728. The molecular formula is C17H21BN4O3. The fraction of sp³-hybridized carbons (Fsp3) is 0.412. The molecule has 130 valence electrons. The van der Waals surface area contributed by atoms with Gasteiger partial charge in [0.1, 0.15) is 5.56 Å². The van der Waals surface area contributed by atoms with Crippen LogP contribution < -0.4 is 16.5 Å². The number of carbonyl (C=O) groups excluding carboxylic acids is 1. The molecule has 2 atom stereocenters. The van der Waals surface area contributed by atoms with Crippen molar-refractivity contribution in [1.82, 2.24) is 9.78 Å². The van der Waals surface area contributed by atoms with Crippen LogP contribution in [0.2, 0.25) is 0 Å². The molecule has 1 aliphatic heterocycles. The maximum absolute atomic E-state index is 11.8. The SMILES string of the molecule is C[C@H]1CCCC1n1cc(C(N)=O)c(Nc2ccc3c(c2)B(O)OC3)n1. The lowest BCUT2D eigenvalue weighted by Gasteiger charge is -2.15. The van der Waals surface area contributed by atoms with Crippen LogP contribution in [0.15, 0.2) is 24.4 Å². The van der Waals surface area contributed by atoms with Gasteiger partial charge in [-0.2, -0.15) is 5.10 Å². The van der Waals surface area contributed by atoms with E-state index in [0.717, 1.165) is 23.1 Å². The van der Waals surface area contributed by atoms with Crippen molar-refractivity contribution in [3.05, 3.63) is 35.5 Å². The van der Waals surface area contributed by atoms with E-state index in [1.54, 1.807) is 6.20 Å². The second-order valence-corrected chi connectivity index (χ2v) is 6.91. The molecule has 7 nitrogen and oxygen atoms in total. The first-order valence-electron chi connectivity index (χ1n) is 8.61. The monoisotopic (exact) mass is 340 g/mol. The number of aromatic nitrogens is 2. The van der Waals surface area contributed by atoms with Gasteiger partial charge in [0.15, 0.2) is 5.82 Å². The number of rotatable bonds is 4. The molecule has 25 heavy (non-hydrogen) atoms.